The Balaban J connectivity index is 1.49. The molecule has 5 nitrogen and oxygen atoms in total. The number of hydrogen-bond acceptors (Lipinski definition) is 3. The lowest BCUT2D eigenvalue weighted by atomic mass is 9.74. The molecular weight excluding hydrogens is 578 g/mol. The van der Waals surface area contributed by atoms with Gasteiger partial charge in [-0.3, -0.25) is 0 Å². The molecule has 40 heavy (non-hydrogen) atoms. The lowest BCUT2D eigenvalue weighted by Crippen LogP contribution is -2.52. The summed E-state index contributed by atoms with van der Waals surface area (Å²) in [5.74, 6) is 0. The van der Waals surface area contributed by atoms with E-state index < -0.39 is 10.5 Å². The van der Waals surface area contributed by atoms with Gasteiger partial charge in [0.15, 0.2) is 10.8 Å². The Morgan fingerprint density at radius 1 is 0.700 bits per heavy atom. The van der Waals surface area contributed by atoms with Crippen molar-refractivity contribution in [3.05, 3.63) is 154 Å². The van der Waals surface area contributed by atoms with Crippen LogP contribution in [0, 0.1) is 0 Å². The van der Waals surface area contributed by atoms with Crippen LogP contribution in [0.3, 0.4) is 0 Å². The van der Waals surface area contributed by atoms with Crippen LogP contribution in [0.1, 0.15) is 11.1 Å². The van der Waals surface area contributed by atoms with E-state index in [2.05, 4.69) is 106 Å². The van der Waals surface area contributed by atoms with Gasteiger partial charge in [0.2, 0.25) is 5.69 Å². The quantitative estimate of drug-likeness (QED) is 0.194. The second-order valence-electron chi connectivity index (χ2n) is 9.88. The number of rotatable bonds is 3. The van der Waals surface area contributed by atoms with Crippen molar-refractivity contribution in [2.24, 2.45) is 10.1 Å². The minimum Gasteiger partial charge on any atom is -0.304 e. The maximum Gasteiger partial charge on any atom is 0.225 e. The number of benzene rings is 5. The monoisotopic (exact) mass is 599 g/mol. The lowest BCUT2D eigenvalue weighted by Gasteiger charge is -2.47. The van der Waals surface area contributed by atoms with E-state index in [0.29, 0.717) is 0 Å². The Kier molecular flexibility index (Phi) is 5.27. The Morgan fingerprint density at radius 3 is 2.02 bits per heavy atom. The van der Waals surface area contributed by atoms with E-state index in [4.69, 9.17) is 15.5 Å². The predicted octanol–water partition coefficient (Wildman–Crippen LogP) is 9.48. The van der Waals surface area contributed by atoms with Crippen LogP contribution in [0.4, 0.5) is 17.1 Å². The second kappa shape index (κ2) is 8.91. The zero-order valence-corrected chi connectivity index (χ0v) is 23.6. The van der Waals surface area contributed by atoms with E-state index >= 15 is 0 Å². The van der Waals surface area contributed by atoms with Crippen molar-refractivity contribution < 1.29 is 4.81 Å². The van der Waals surface area contributed by atoms with Crippen molar-refractivity contribution in [3.8, 4) is 11.1 Å². The highest BCUT2D eigenvalue weighted by Crippen LogP contribution is 2.72. The third kappa shape index (κ3) is 3.25. The number of azo groups is 1. The van der Waals surface area contributed by atoms with Gasteiger partial charge in [-0.25, -0.2) is 4.99 Å². The van der Waals surface area contributed by atoms with Crippen LogP contribution in [-0.2, 0) is 10.5 Å². The highest BCUT2D eigenvalue weighted by atomic mass is 79.9. The number of anilines is 1. The summed E-state index contributed by atoms with van der Waals surface area (Å²) >= 11 is 5.23. The Labute approximate surface area is 245 Å². The number of hydrogen-bond donors (Lipinski definition) is 0. The summed E-state index contributed by atoms with van der Waals surface area (Å²) in [6, 6.07) is 45.9. The molecule has 5 aromatic carbocycles. The minimum atomic E-state index is -0.909. The summed E-state index contributed by atoms with van der Waals surface area (Å²) < 4.78 is 1.02. The van der Waals surface area contributed by atoms with Gasteiger partial charge in [-0.15, -0.1) is 4.81 Å². The number of para-hydroxylation sites is 2. The highest BCUT2D eigenvalue weighted by molar-refractivity contribution is 9.10. The standard InChI is InChI=1S/C33H22BrN5S/c34-23-19-21-24(22-20-23)35-31-38(25-11-3-1-4-12-25)32-29-17-9-7-15-27(29)28-16-8-10-18-30(28)33(32,40-31)37-39(36-32)26-13-5-2-6-14-26/h1-22H/t32-,33+/m0/s1. The van der Waals surface area contributed by atoms with Gasteiger partial charge >= 0.3 is 0 Å². The highest BCUT2D eigenvalue weighted by Gasteiger charge is 2.70. The summed E-state index contributed by atoms with van der Waals surface area (Å²) in [6.07, 6.45) is 0. The molecule has 3 aliphatic rings. The molecule has 8 rings (SSSR count). The molecular formula is C33H22BrN5S. The zero-order valence-electron chi connectivity index (χ0n) is 21.2. The summed E-state index contributed by atoms with van der Waals surface area (Å²) in [4.78, 5) is 8.56. The molecule has 0 amide bonds. The molecule has 7 heteroatoms. The molecule has 2 heterocycles. The first-order valence-electron chi connectivity index (χ1n) is 13.1. The second-order valence-corrected chi connectivity index (χ2v) is 12.0. The van der Waals surface area contributed by atoms with E-state index in [1.165, 1.54) is 5.56 Å². The Morgan fingerprint density at radius 2 is 1.30 bits per heavy atom. The van der Waals surface area contributed by atoms with E-state index in [1.807, 2.05) is 53.3 Å². The molecule has 1 fully saturated rings. The van der Waals surface area contributed by atoms with Crippen LogP contribution in [0.15, 0.2) is 148 Å². The lowest BCUT2D eigenvalue weighted by molar-refractivity contribution is -0.455. The van der Waals surface area contributed by atoms with Crippen LogP contribution < -0.4 is 4.90 Å². The normalized spacial score (nSPS) is 23.1. The average Bonchev–Trinajstić information content (AvgIpc) is 3.50. The van der Waals surface area contributed by atoms with E-state index in [1.54, 1.807) is 11.8 Å². The first kappa shape index (κ1) is 23.7. The van der Waals surface area contributed by atoms with E-state index in [-0.39, 0.29) is 0 Å². The van der Waals surface area contributed by atoms with Crippen LogP contribution >= 0.6 is 27.7 Å². The number of nitrogens with zero attached hydrogens (tertiary/aromatic N) is 5. The first-order valence-corrected chi connectivity index (χ1v) is 14.7. The Bertz CT molecular complexity index is 1820. The van der Waals surface area contributed by atoms with Crippen molar-refractivity contribution in [1.29, 1.82) is 0 Å². The predicted molar refractivity (Wildman–Crippen MR) is 165 cm³/mol. The molecule has 0 aromatic heterocycles. The van der Waals surface area contributed by atoms with Crippen molar-refractivity contribution >= 4 is 49.9 Å². The molecule has 0 radical (unpaired) electrons. The smallest absolute Gasteiger partial charge is 0.225 e. The molecule has 0 saturated carbocycles. The molecule has 5 aromatic rings. The van der Waals surface area contributed by atoms with Crippen molar-refractivity contribution in [1.82, 2.24) is 0 Å². The SMILES string of the molecule is Brc1ccc(N=C2S[C@@]34[N-][N+](c5ccccc5)=N[C@@]3(c3ccccc3-c3ccccc34)N2c2ccccc2)cc1. The molecule has 2 aliphatic heterocycles. The van der Waals surface area contributed by atoms with Gasteiger partial charge in [-0.1, -0.05) is 113 Å². The molecule has 1 aliphatic carbocycles. The van der Waals surface area contributed by atoms with Gasteiger partial charge in [-0.2, -0.15) is 10.5 Å². The topological polar surface area (TPSA) is 45.1 Å². The largest absolute Gasteiger partial charge is 0.304 e. The maximum atomic E-state index is 5.55. The van der Waals surface area contributed by atoms with E-state index in [0.717, 1.165) is 43.4 Å². The number of fused-ring (bicyclic) bond motifs is 3. The zero-order chi connectivity index (χ0) is 26.7. The number of halogens is 1. The average molecular weight is 601 g/mol. The molecule has 0 N–H and O–H groups in total. The number of aliphatic imine (C=N–C) groups is 1. The number of thioether (sulfide) groups is 1. The summed E-state index contributed by atoms with van der Waals surface area (Å²) in [5, 5.41) is 6.40. The first-order chi connectivity index (χ1) is 19.7. The molecule has 1 saturated heterocycles. The Hall–Kier alpha value is -4.20. The van der Waals surface area contributed by atoms with Gasteiger partial charge in [0.25, 0.3) is 0 Å². The van der Waals surface area contributed by atoms with Crippen LogP contribution in [0.25, 0.3) is 16.6 Å². The maximum absolute atomic E-state index is 5.55. The fourth-order valence-electron chi connectivity index (χ4n) is 5.97. The van der Waals surface area contributed by atoms with Crippen molar-refractivity contribution in [2.75, 3.05) is 4.90 Å². The van der Waals surface area contributed by atoms with Gasteiger partial charge < -0.3 is 4.90 Å². The summed E-state index contributed by atoms with van der Waals surface area (Å²) in [5.41, 5.74) is 12.0. The third-order valence-electron chi connectivity index (χ3n) is 7.64. The van der Waals surface area contributed by atoms with Crippen molar-refractivity contribution in [2.45, 2.75) is 10.5 Å². The molecule has 2 atom stereocenters. The number of amidine groups is 1. The fraction of sp³-hybridized carbons (Fsp3) is 0.0606. The van der Waals surface area contributed by atoms with Crippen LogP contribution in [-0.4, -0.2) is 9.97 Å². The molecule has 192 valence electrons. The van der Waals surface area contributed by atoms with Crippen LogP contribution in [0.2, 0.25) is 0 Å². The van der Waals surface area contributed by atoms with Gasteiger partial charge in [0.1, 0.15) is 4.87 Å². The third-order valence-corrected chi connectivity index (χ3v) is 9.51. The minimum absolute atomic E-state index is 0.808. The van der Waals surface area contributed by atoms with Gasteiger partial charge in [-0.05, 0) is 58.7 Å². The molecule has 0 spiro atoms. The fourth-order valence-corrected chi connectivity index (χ4v) is 7.77. The summed E-state index contributed by atoms with van der Waals surface area (Å²) in [6.45, 7) is 0. The van der Waals surface area contributed by atoms with Gasteiger partial charge in [0.05, 0.1) is 5.69 Å². The summed E-state index contributed by atoms with van der Waals surface area (Å²) in [7, 11) is 0. The molecule has 0 unspecified atom stereocenters. The van der Waals surface area contributed by atoms with Crippen LogP contribution in [0.5, 0.6) is 0 Å². The van der Waals surface area contributed by atoms with Gasteiger partial charge in [0, 0.05) is 22.3 Å². The van der Waals surface area contributed by atoms with E-state index in [9.17, 15) is 0 Å². The van der Waals surface area contributed by atoms with Crippen molar-refractivity contribution in [3.63, 3.8) is 0 Å². The molecule has 0 bridgehead atoms.